The third-order valence-electron chi connectivity index (χ3n) is 3.58. The van der Waals surface area contributed by atoms with Gasteiger partial charge in [-0.2, -0.15) is 5.26 Å². The van der Waals surface area contributed by atoms with E-state index in [1.165, 1.54) is 0 Å². The van der Waals surface area contributed by atoms with Gasteiger partial charge in [0.2, 0.25) is 0 Å². The van der Waals surface area contributed by atoms with Crippen molar-refractivity contribution in [3.63, 3.8) is 0 Å². The standard InChI is InChI=1S/C18H16N4O/c1-13-8-9-14(2)17(10-13)22-18(16(11-19)20-21-22)12-23-15-6-4-3-5-7-15/h3-10H,12H2,1-2H3. The van der Waals surface area contributed by atoms with Crippen molar-refractivity contribution < 1.29 is 4.74 Å². The van der Waals surface area contributed by atoms with Gasteiger partial charge in [-0.05, 0) is 43.2 Å². The third kappa shape index (κ3) is 3.06. The van der Waals surface area contributed by atoms with Crippen LogP contribution in [-0.4, -0.2) is 15.0 Å². The van der Waals surface area contributed by atoms with Crippen molar-refractivity contribution in [2.75, 3.05) is 0 Å². The number of nitrogens with zero attached hydrogens (tertiary/aromatic N) is 4. The fourth-order valence-corrected chi connectivity index (χ4v) is 2.33. The molecule has 1 aromatic heterocycles. The van der Waals surface area contributed by atoms with E-state index >= 15 is 0 Å². The Morgan fingerprint density at radius 1 is 1.13 bits per heavy atom. The average molecular weight is 304 g/mol. The molecule has 0 saturated carbocycles. The Morgan fingerprint density at radius 2 is 1.91 bits per heavy atom. The van der Waals surface area contributed by atoms with E-state index in [-0.39, 0.29) is 12.3 Å². The van der Waals surface area contributed by atoms with Crippen LogP contribution in [0.15, 0.2) is 48.5 Å². The predicted octanol–water partition coefficient (Wildman–Crippen LogP) is 3.33. The molecule has 0 spiro atoms. The maximum atomic E-state index is 9.28. The van der Waals surface area contributed by atoms with Crippen molar-refractivity contribution >= 4 is 0 Å². The number of para-hydroxylation sites is 1. The molecule has 5 heteroatoms. The SMILES string of the molecule is Cc1ccc(C)c(-n2nnc(C#N)c2COc2ccccc2)c1. The normalized spacial score (nSPS) is 10.3. The van der Waals surface area contributed by atoms with Gasteiger partial charge in [0.05, 0.1) is 5.69 Å². The number of nitriles is 1. The summed E-state index contributed by atoms with van der Waals surface area (Å²) in [6, 6.07) is 17.7. The summed E-state index contributed by atoms with van der Waals surface area (Å²) in [5.41, 5.74) is 4.01. The van der Waals surface area contributed by atoms with E-state index in [1.54, 1.807) is 4.68 Å². The Bertz CT molecular complexity index is 862. The van der Waals surface area contributed by atoms with Crippen LogP contribution in [0.4, 0.5) is 0 Å². The second kappa shape index (κ2) is 6.32. The Kier molecular flexibility index (Phi) is 4.07. The molecule has 114 valence electrons. The van der Waals surface area contributed by atoms with Crippen LogP contribution in [0.3, 0.4) is 0 Å². The van der Waals surface area contributed by atoms with Crippen molar-refractivity contribution in [2.24, 2.45) is 0 Å². The summed E-state index contributed by atoms with van der Waals surface area (Å²) in [6.07, 6.45) is 0. The summed E-state index contributed by atoms with van der Waals surface area (Å²) in [7, 11) is 0. The Hall–Kier alpha value is -3.13. The van der Waals surface area contributed by atoms with E-state index in [0.717, 1.165) is 22.6 Å². The molecule has 0 aliphatic rings. The van der Waals surface area contributed by atoms with E-state index in [2.05, 4.69) is 16.4 Å². The summed E-state index contributed by atoms with van der Waals surface area (Å²) in [5.74, 6) is 0.741. The second-order valence-electron chi connectivity index (χ2n) is 5.30. The predicted molar refractivity (Wildman–Crippen MR) is 86.3 cm³/mol. The quantitative estimate of drug-likeness (QED) is 0.741. The van der Waals surface area contributed by atoms with Gasteiger partial charge in [-0.1, -0.05) is 35.5 Å². The lowest BCUT2D eigenvalue weighted by atomic mass is 10.1. The topological polar surface area (TPSA) is 63.7 Å². The first kappa shape index (κ1) is 14.8. The fourth-order valence-electron chi connectivity index (χ4n) is 2.33. The minimum atomic E-state index is 0.229. The molecular weight excluding hydrogens is 288 g/mol. The van der Waals surface area contributed by atoms with Crippen molar-refractivity contribution in [1.29, 1.82) is 5.26 Å². The van der Waals surface area contributed by atoms with E-state index in [1.807, 2.05) is 62.4 Å². The zero-order chi connectivity index (χ0) is 16.2. The van der Waals surface area contributed by atoms with Crippen molar-refractivity contribution in [3.05, 3.63) is 71.0 Å². The molecule has 0 amide bonds. The number of hydrogen-bond donors (Lipinski definition) is 0. The highest BCUT2D eigenvalue weighted by Gasteiger charge is 2.16. The second-order valence-corrected chi connectivity index (χ2v) is 5.30. The van der Waals surface area contributed by atoms with Gasteiger partial charge in [0.15, 0.2) is 5.69 Å². The van der Waals surface area contributed by atoms with Crippen LogP contribution in [0, 0.1) is 25.2 Å². The highest BCUT2D eigenvalue weighted by molar-refractivity contribution is 5.44. The van der Waals surface area contributed by atoms with E-state index in [4.69, 9.17) is 4.74 Å². The molecule has 3 aromatic rings. The van der Waals surface area contributed by atoms with Crippen LogP contribution in [0.25, 0.3) is 5.69 Å². The van der Waals surface area contributed by atoms with Gasteiger partial charge in [-0.3, -0.25) is 0 Å². The van der Waals surface area contributed by atoms with Crippen molar-refractivity contribution in [2.45, 2.75) is 20.5 Å². The molecule has 0 N–H and O–H groups in total. The Morgan fingerprint density at radius 3 is 2.65 bits per heavy atom. The van der Waals surface area contributed by atoms with Crippen LogP contribution < -0.4 is 4.74 Å². The molecule has 0 saturated heterocycles. The number of benzene rings is 2. The maximum absolute atomic E-state index is 9.28. The van der Waals surface area contributed by atoms with Gasteiger partial charge >= 0.3 is 0 Å². The smallest absolute Gasteiger partial charge is 0.189 e. The van der Waals surface area contributed by atoms with E-state index in [0.29, 0.717) is 5.69 Å². The maximum Gasteiger partial charge on any atom is 0.189 e. The fraction of sp³-hybridized carbons (Fsp3) is 0.167. The molecule has 3 rings (SSSR count). The molecule has 0 bridgehead atoms. The molecule has 0 aliphatic heterocycles. The van der Waals surface area contributed by atoms with Gasteiger partial charge in [0.25, 0.3) is 0 Å². The molecule has 0 radical (unpaired) electrons. The summed E-state index contributed by atoms with van der Waals surface area (Å²) in [6.45, 7) is 4.25. The average Bonchev–Trinajstić information content (AvgIpc) is 2.99. The lowest BCUT2D eigenvalue weighted by Crippen LogP contribution is -2.08. The molecule has 0 atom stereocenters. The molecule has 2 aromatic carbocycles. The van der Waals surface area contributed by atoms with Crippen LogP contribution >= 0.6 is 0 Å². The summed E-state index contributed by atoms with van der Waals surface area (Å²) >= 11 is 0. The summed E-state index contributed by atoms with van der Waals surface area (Å²) < 4.78 is 7.46. The number of aryl methyl sites for hydroxylation is 2. The molecular formula is C18H16N4O. The third-order valence-corrected chi connectivity index (χ3v) is 3.58. The Labute approximate surface area is 134 Å². The molecule has 1 heterocycles. The van der Waals surface area contributed by atoms with Crippen molar-refractivity contribution in [1.82, 2.24) is 15.0 Å². The highest BCUT2D eigenvalue weighted by atomic mass is 16.5. The number of aromatic nitrogens is 3. The van der Waals surface area contributed by atoms with Crippen LogP contribution in [-0.2, 0) is 6.61 Å². The first-order valence-corrected chi connectivity index (χ1v) is 7.29. The summed E-state index contributed by atoms with van der Waals surface area (Å²) in [5, 5.41) is 17.4. The molecule has 5 nitrogen and oxygen atoms in total. The van der Waals surface area contributed by atoms with Crippen LogP contribution in [0.5, 0.6) is 5.75 Å². The number of ether oxygens (including phenoxy) is 1. The summed E-state index contributed by atoms with van der Waals surface area (Å²) in [4.78, 5) is 0. The first-order chi connectivity index (χ1) is 11.2. The lowest BCUT2D eigenvalue weighted by Gasteiger charge is -2.11. The molecule has 0 unspecified atom stereocenters. The zero-order valence-corrected chi connectivity index (χ0v) is 13.0. The monoisotopic (exact) mass is 304 g/mol. The molecule has 0 fully saturated rings. The van der Waals surface area contributed by atoms with Gasteiger partial charge in [0, 0.05) is 0 Å². The largest absolute Gasteiger partial charge is 0.487 e. The number of hydrogen-bond acceptors (Lipinski definition) is 4. The van der Waals surface area contributed by atoms with Gasteiger partial charge in [-0.25, -0.2) is 4.68 Å². The minimum Gasteiger partial charge on any atom is -0.487 e. The van der Waals surface area contributed by atoms with Gasteiger partial charge in [0.1, 0.15) is 24.1 Å². The van der Waals surface area contributed by atoms with E-state index < -0.39 is 0 Å². The van der Waals surface area contributed by atoms with Crippen LogP contribution in [0.2, 0.25) is 0 Å². The minimum absolute atomic E-state index is 0.229. The van der Waals surface area contributed by atoms with Gasteiger partial charge < -0.3 is 4.74 Å². The Balaban J connectivity index is 1.98. The highest BCUT2D eigenvalue weighted by Crippen LogP contribution is 2.20. The van der Waals surface area contributed by atoms with Crippen LogP contribution in [0.1, 0.15) is 22.5 Å². The first-order valence-electron chi connectivity index (χ1n) is 7.29. The van der Waals surface area contributed by atoms with E-state index in [9.17, 15) is 5.26 Å². The molecule has 23 heavy (non-hydrogen) atoms. The van der Waals surface area contributed by atoms with Gasteiger partial charge in [-0.15, -0.1) is 5.10 Å². The molecule has 0 aliphatic carbocycles. The zero-order valence-electron chi connectivity index (χ0n) is 13.0. The lowest BCUT2D eigenvalue weighted by molar-refractivity contribution is 0.297. The number of rotatable bonds is 4. The van der Waals surface area contributed by atoms with Crippen molar-refractivity contribution in [3.8, 4) is 17.5 Å².